The largest absolute Gasteiger partial charge is 0.342 e. The van der Waals surface area contributed by atoms with Gasteiger partial charge in [0.05, 0.1) is 0 Å². The van der Waals surface area contributed by atoms with Gasteiger partial charge in [0, 0.05) is 18.5 Å². The quantitative estimate of drug-likeness (QED) is 0.852. The van der Waals surface area contributed by atoms with Gasteiger partial charge in [-0.15, -0.1) is 0 Å². The summed E-state index contributed by atoms with van der Waals surface area (Å²) >= 11 is 0. The van der Waals surface area contributed by atoms with Gasteiger partial charge >= 0.3 is 0 Å². The molecule has 19 heavy (non-hydrogen) atoms. The van der Waals surface area contributed by atoms with E-state index in [-0.39, 0.29) is 5.41 Å². The Hall–Kier alpha value is -0.570. The van der Waals surface area contributed by atoms with Gasteiger partial charge in [-0.3, -0.25) is 4.79 Å². The number of hydrogen-bond donors (Lipinski definition) is 1. The lowest BCUT2D eigenvalue weighted by Crippen LogP contribution is -2.50. The van der Waals surface area contributed by atoms with Gasteiger partial charge in [-0.2, -0.15) is 0 Å². The summed E-state index contributed by atoms with van der Waals surface area (Å²) in [6, 6.07) is 0.488. The Morgan fingerprint density at radius 3 is 2.32 bits per heavy atom. The number of hydrogen-bond acceptors (Lipinski definition) is 2. The molecule has 3 nitrogen and oxygen atoms in total. The van der Waals surface area contributed by atoms with E-state index in [2.05, 4.69) is 24.1 Å². The molecule has 0 radical (unpaired) electrons. The predicted octanol–water partition coefficient (Wildman–Crippen LogP) is 2.80. The molecule has 1 N–H and O–H groups in total. The van der Waals surface area contributed by atoms with Crippen LogP contribution in [-0.2, 0) is 4.79 Å². The molecule has 1 saturated heterocycles. The number of nitrogens with one attached hydrogen (secondary N) is 1. The normalized spacial score (nSPS) is 30.9. The lowest BCUT2D eigenvalue weighted by Gasteiger charge is -2.41. The summed E-state index contributed by atoms with van der Waals surface area (Å²) in [4.78, 5) is 14.8. The number of carbonyl (C=O) groups excluding carboxylic acids is 1. The summed E-state index contributed by atoms with van der Waals surface area (Å²) in [6.07, 6.45) is 8.28. The lowest BCUT2D eigenvalue weighted by molar-refractivity contribution is -0.144. The van der Waals surface area contributed by atoms with Crippen LogP contribution >= 0.6 is 0 Å². The smallest absolute Gasteiger partial charge is 0.228 e. The molecule has 1 aliphatic heterocycles. The first kappa shape index (κ1) is 14.8. The molecule has 0 atom stereocenters. The monoisotopic (exact) mass is 266 g/mol. The fraction of sp³-hybridized carbons (Fsp3) is 0.938. The van der Waals surface area contributed by atoms with E-state index in [1.165, 1.54) is 32.1 Å². The van der Waals surface area contributed by atoms with Crippen LogP contribution < -0.4 is 5.32 Å². The zero-order valence-corrected chi connectivity index (χ0v) is 12.9. The van der Waals surface area contributed by atoms with Crippen molar-refractivity contribution in [2.24, 2.45) is 11.3 Å². The zero-order chi connectivity index (χ0) is 13.9. The van der Waals surface area contributed by atoms with Crippen molar-refractivity contribution in [3.05, 3.63) is 0 Å². The Balaban J connectivity index is 1.92. The summed E-state index contributed by atoms with van der Waals surface area (Å²) in [7, 11) is 2.03. The highest BCUT2D eigenvalue weighted by Gasteiger charge is 2.38. The van der Waals surface area contributed by atoms with E-state index in [1.54, 1.807) is 0 Å². The third kappa shape index (κ3) is 3.31. The number of piperidine rings is 1. The zero-order valence-electron chi connectivity index (χ0n) is 12.9. The van der Waals surface area contributed by atoms with Crippen molar-refractivity contribution in [1.29, 1.82) is 0 Å². The maximum Gasteiger partial charge on any atom is 0.228 e. The highest BCUT2D eigenvalue weighted by molar-refractivity contribution is 5.82. The SMILES string of the molecule is CCC1CCC(N(C)C(=O)C2(C)CCNCC2)CC1. The topological polar surface area (TPSA) is 32.3 Å². The van der Waals surface area contributed by atoms with Gasteiger partial charge in [-0.1, -0.05) is 20.3 Å². The summed E-state index contributed by atoms with van der Waals surface area (Å²) in [5, 5.41) is 3.36. The minimum Gasteiger partial charge on any atom is -0.342 e. The predicted molar refractivity (Wildman–Crippen MR) is 79.0 cm³/mol. The van der Waals surface area contributed by atoms with Crippen LogP contribution in [0.15, 0.2) is 0 Å². The molecule has 1 amide bonds. The lowest BCUT2D eigenvalue weighted by atomic mass is 9.78. The van der Waals surface area contributed by atoms with Gasteiger partial charge in [-0.25, -0.2) is 0 Å². The Morgan fingerprint density at radius 2 is 1.79 bits per heavy atom. The molecule has 1 aliphatic carbocycles. The first-order valence-corrected chi connectivity index (χ1v) is 8.05. The molecule has 0 spiro atoms. The van der Waals surface area contributed by atoms with Crippen molar-refractivity contribution in [3.8, 4) is 0 Å². The van der Waals surface area contributed by atoms with Gasteiger partial charge in [0.15, 0.2) is 0 Å². The Morgan fingerprint density at radius 1 is 1.21 bits per heavy atom. The number of rotatable bonds is 3. The van der Waals surface area contributed by atoms with E-state index in [1.807, 2.05) is 7.05 Å². The number of carbonyl (C=O) groups is 1. The first-order chi connectivity index (χ1) is 9.07. The molecule has 0 aromatic carbocycles. The van der Waals surface area contributed by atoms with Gasteiger partial charge in [0.25, 0.3) is 0 Å². The van der Waals surface area contributed by atoms with Crippen molar-refractivity contribution in [3.63, 3.8) is 0 Å². The van der Waals surface area contributed by atoms with E-state index >= 15 is 0 Å². The van der Waals surface area contributed by atoms with E-state index in [9.17, 15) is 4.79 Å². The van der Waals surface area contributed by atoms with Crippen molar-refractivity contribution in [1.82, 2.24) is 10.2 Å². The fourth-order valence-electron chi connectivity index (χ4n) is 3.72. The van der Waals surface area contributed by atoms with Crippen LogP contribution in [-0.4, -0.2) is 37.0 Å². The maximum absolute atomic E-state index is 12.8. The summed E-state index contributed by atoms with van der Waals surface area (Å²) in [6.45, 7) is 6.41. The van der Waals surface area contributed by atoms with Crippen LogP contribution in [0, 0.1) is 11.3 Å². The van der Waals surface area contributed by atoms with Crippen LogP contribution in [0.2, 0.25) is 0 Å². The highest BCUT2D eigenvalue weighted by Crippen LogP contribution is 2.34. The van der Waals surface area contributed by atoms with Crippen LogP contribution in [0.3, 0.4) is 0 Å². The summed E-state index contributed by atoms with van der Waals surface area (Å²) in [5.74, 6) is 1.28. The molecular formula is C16H30N2O. The van der Waals surface area contributed by atoms with Crippen molar-refractivity contribution in [2.45, 2.75) is 64.8 Å². The molecule has 0 aromatic rings. The molecule has 110 valence electrons. The highest BCUT2D eigenvalue weighted by atomic mass is 16.2. The molecule has 2 fully saturated rings. The van der Waals surface area contributed by atoms with Gasteiger partial charge < -0.3 is 10.2 Å². The Kier molecular flexibility index (Phi) is 4.88. The second kappa shape index (κ2) is 6.25. The molecule has 3 heteroatoms. The second-order valence-corrected chi connectivity index (χ2v) is 6.81. The van der Waals surface area contributed by atoms with Crippen molar-refractivity contribution >= 4 is 5.91 Å². The van der Waals surface area contributed by atoms with Crippen molar-refractivity contribution in [2.75, 3.05) is 20.1 Å². The minimum atomic E-state index is -0.123. The number of amides is 1. The van der Waals surface area contributed by atoms with Crippen LogP contribution in [0.25, 0.3) is 0 Å². The molecule has 0 aromatic heterocycles. The second-order valence-electron chi connectivity index (χ2n) is 6.81. The summed E-state index contributed by atoms with van der Waals surface area (Å²) in [5.41, 5.74) is -0.123. The molecule has 2 rings (SSSR count). The Labute approximate surface area is 118 Å². The van der Waals surface area contributed by atoms with E-state index in [0.717, 1.165) is 31.8 Å². The van der Waals surface area contributed by atoms with Gasteiger partial charge in [0.2, 0.25) is 5.91 Å². The van der Waals surface area contributed by atoms with Crippen LogP contribution in [0.1, 0.15) is 58.8 Å². The molecular weight excluding hydrogens is 236 g/mol. The molecule has 0 bridgehead atoms. The fourth-order valence-corrected chi connectivity index (χ4v) is 3.72. The average Bonchev–Trinajstić information content (AvgIpc) is 2.46. The van der Waals surface area contributed by atoms with Crippen LogP contribution in [0.5, 0.6) is 0 Å². The van der Waals surface area contributed by atoms with E-state index in [4.69, 9.17) is 0 Å². The molecule has 1 saturated carbocycles. The third-order valence-corrected chi connectivity index (χ3v) is 5.49. The molecule has 0 unspecified atom stereocenters. The van der Waals surface area contributed by atoms with E-state index in [0.29, 0.717) is 11.9 Å². The molecule has 1 heterocycles. The summed E-state index contributed by atoms with van der Waals surface area (Å²) < 4.78 is 0. The minimum absolute atomic E-state index is 0.123. The standard InChI is InChI=1S/C16H30N2O/c1-4-13-5-7-14(8-6-13)18(3)15(19)16(2)9-11-17-12-10-16/h13-14,17H,4-12H2,1-3H3. The maximum atomic E-state index is 12.8. The van der Waals surface area contributed by atoms with Crippen molar-refractivity contribution < 1.29 is 4.79 Å². The number of nitrogens with zero attached hydrogens (tertiary/aromatic N) is 1. The van der Waals surface area contributed by atoms with Gasteiger partial charge in [0.1, 0.15) is 0 Å². The first-order valence-electron chi connectivity index (χ1n) is 8.05. The third-order valence-electron chi connectivity index (χ3n) is 5.49. The van der Waals surface area contributed by atoms with E-state index < -0.39 is 0 Å². The van der Waals surface area contributed by atoms with Gasteiger partial charge in [-0.05, 0) is 57.5 Å². The molecule has 2 aliphatic rings. The van der Waals surface area contributed by atoms with Crippen LogP contribution in [0.4, 0.5) is 0 Å². The average molecular weight is 266 g/mol. The Bertz CT molecular complexity index is 302.